The molecule has 3 heterocycles. The van der Waals surface area contributed by atoms with Crippen LogP contribution in [-0.4, -0.2) is 38.7 Å². The van der Waals surface area contributed by atoms with Gasteiger partial charge < -0.3 is 9.47 Å². The van der Waals surface area contributed by atoms with E-state index in [2.05, 4.69) is 10.2 Å². The monoisotopic (exact) mass is 366 g/mol. The number of hydrogen-bond donors (Lipinski definition) is 1. The third kappa shape index (κ3) is 3.16. The Balaban J connectivity index is 1.59. The smallest absolute Gasteiger partial charge is 0.270 e. The first-order chi connectivity index (χ1) is 13.0. The van der Waals surface area contributed by atoms with Crippen molar-refractivity contribution in [3.63, 3.8) is 0 Å². The molecule has 27 heavy (non-hydrogen) atoms. The number of pyridine rings is 1. The maximum Gasteiger partial charge on any atom is 0.270 e. The van der Waals surface area contributed by atoms with Gasteiger partial charge in [0.2, 0.25) is 0 Å². The molecule has 1 aliphatic rings. The van der Waals surface area contributed by atoms with Crippen molar-refractivity contribution in [2.24, 2.45) is 7.05 Å². The molecule has 3 aromatic rings. The van der Waals surface area contributed by atoms with Gasteiger partial charge in [0.05, 0.1) is 5.69 Å². The fourth-order valence-corrected chi connectivity index (χ4v) is 3.47. The van der Waals surface area contributed by atoms with Gasteiger partial charge in [0, 0.05) is 49.4 Å². The van der Waals surface area contributed by atoms with E-state index in [1.807, 2.05) is 0 Å². The molecule has 0 aliphatic carbocycles. The quantitative estimate of drug-likeness (QED) is 0.756. The Morgan fingerprint density at radius 1 is 1.11 bits per heavy atom. The first kappa shape index (κ1) is 17.2. The average molecular weight is 366 g/mol. The minimum Gasteiger partial charge on any atom is -0.337 e. The van der Waals surface area contributed by atoms with Gasteiger partial charge >= 0.3 is 0 Å². The lowest BCUT2D eigenvalue weighted by molar-refractivity contribution is 0.0751. The summed E-state index contributed by atoms with van der Waals surface area (Å²) < 4.78 is 14.6. The second-order valence-corrected chi connectivity index (χ2v) is 6.64. The highest BCUT2D eigenvalue weighted by Gasteiger charge is 2.24. The Bertz CT molecular complexity index is 1050. The highest BCUT2D eigenvalue weighted by molar-refractivity contribution is 5.92. The van der Waals surface area contributed by atoms with Crippen LogP contribution < -0.4 is 5.56 Å². The van der Waals surface area contributed by atoms with E-state index in [9.17, 15) is 14.0 Å². The molecule has 1 aromatic carbocycles. The minimum atomic E-state index is -0.286. The van der Waals surface area contributed by atoms with Gasteiger partial charge in [-0.1, -0.05) is 6.07 Å². The molecule has 1 N–H and O–H groups in total. The molecule has 0 saturated heterocycles. The van der Waals surface area contributed by atoms with Crippen LogP contribution in [-0.2, 0) is 19.9 Å². The zero-order chi connectivity index (χ0) is 19.0. The lowest BCUT2D eigenvalue weighted by Gasteiger charge is -2.21. The molecule has 0 saturated carbocycles. The van der Waals surface area contributed by atoms with Crippen LogP contribution in [0.3, 0.4) is 0 Å². The van der Waals surface area contributed by atoms with E-state index in [1.165, 1.54) is 22.8 Å². The lowest BCUT2D eigenvalue weighted by atomic mass is 10.0. The molecule has 0 fully saturated rings. The molecule has 0 atom stereocenters. The van der Waals surface area contributed by atoms with Crippen LogP contribution in [0.1, 0.15) is 21.7 Å². The summed E-state index contributed by atoms with van der Waals surface area (Å²) in [4.78, 5) is 26.5. The number of rotatable bonds is 2. The SMILES string of the molecule is Cn1c(C(=O)N2CCc3[nH]nc(-c4ccc(F)cc4)c3CC2)cccc1=O. The van der Waals surface area contributed by atoms with Gasteiger partial charge in [-0.3, -0.25) is 14.7 Å². The van der Waals surface area contributed by atoms with E-state index < -0.39 is 0 Å². The topological polar surface area (TPSA) is 71.0 Å². The molecule has 2 aromatic heterocycles. The lowest BCUT2D eigenvalue weighted by Crippen LogP contribution is -2.36. The molecule has 0 unspecified atom stereocenters. The van der Waals surface area contributed by atoms with Crippen molar-refractivity contribution < 1.29 is 9.18 Å². The largest absolute Gasteiger partial charge is 0.337 e. The van der Waals surface area contributed by atoms with Crippen molar-refractivity contribution in [1.82, 2.24) is 19.7 Å². The summed E-state index contributed by atoms with van der Waals surface area (Å²) in [5.74, 6) is -0.442. The molecule has 0 bridgehead atoms. The number of carbonyl (C=O) groups is 1. The van der Waals surface area contributed by atoms with Gasteiger partial charge in [-0.05, 0) is 36.8 Å². The molecular formula is C20H19FN4O2. The van der Waals surface area contributed by atoms with Crippen molar-refractivity contribution >= 4 is 5.91 Å². The minimum absolute atomic E-state index is 0.156. The predicted octanol–water partition coefficient (Wildman–Crippen LogP) is 2.16. The van der Waals surface area contributed by atoms with Crippen LogP contribution in [0.2, 0.25) is 0 Å². The van der Waals surface area contributed by atoms with E-state index in [1.54, 1.807) is 36.2 Å². The van der Waals surface area contributed by atoms with Crippen molar-refractivity contribution in [3.05, 3.63) is 75.6 Å². The summed E-state index contributed by atoms with van der Waals surface area (Å²) in [6.45, 7) is 1.07. The Morgan fingerprint density at radius 3 is 2.63 bits per heavy atom. The molecule has 1 amide bonds. The summed E-state index contributed by atoms with van der Waals surface area (Å²) in [5, 5.41) is 7.46. The van der Waals surface area contributed by atoms with Gasteiger partial charge in [-0.2, -0.15) is 5.10 Å². The summed E-state index contributed by atoms with van der Waals surface area (Å²) >= 11 is 0. The number of carbonyl (C=O) groups excluding carboxylic acids is 1. The molecule has 0 radical (unpaired) electrons. The number of aromatic amines is 1. The van der Waals surface area contributed by atoms with Gasteiger partial charge in [-0.25, -0.2) is 4.39 Å². The van der Waals surface area contributed by atoms with Crippen molar-refractivity contribution in [3.8, 4) is 11.3 Å². The maximum atomic E-state index is 13.2. The van der Waals surface area contributed by atoms with Crippen molar-refractivity contribution in [2.75, 3.05) is 13.1 Å². The predicted molar refractivity (Wildman–Crippen MR) is 99.0 cm³/mol. The summed E-state index contributed by atoms with van der Waals surface area (Å²) in [6, 6.07) is 11.0. The third-order valence-electron chi connectivity index (χ3n) is 5.03. The fraction of sp³-hybridized carbons (Fsp3) is 0.250. The number of aromatic nitrogens is 3. The van der Waals surface area contributed by atoms with Gasteiger partial charge in [-0.15, -0.1) is 0 Å². The zero-order valence-corrected chi connectivity index (χ0v) is 14.9. The third-order valence-corrected chi connectivity index (χ3v) is 5.03. The van der Waals surface area contributed by atoms with Crippen LogP contribution in [0.5, 0.6) is 0 Å². The fourth-order valence-electron chi connectivity index (χ4n) is 3.47. The Hall–Kier alpha value is -3.22. The first-order valence-corrected chi connectivity index (χ1v) is 8.82. The summed E-state index contributed by atoms with van der Waals surface area (Å²) in [5.41, 5.74) is 3.87. The highest BCUT2D eigenvalue weighted by Crippen LogP contribution is 2.27. The van der Waals surface area contributed by atoms with E-state index in [4.69, 9.17) is 0 Å². The molecule has 6 nitrogen and oxygen atoms in total. The molecule has 1 aliphatic heterocycles. The Kier molecular flexibility index (Phi) is 4.35. The van der Waals surface area contributed by atoms with Gasteiger partial charge in [0.1, 0.15) is 11.5 Å². The molecule has 7 heteroatoms. The number of benzene rings is 1. The number of amides is 1. The Morgan fingerprint density at radius 2 is 1.85 bits per heavy atom. The van der Waals surface area contributed by atoms with E-state index in [0.717, 1.165) is 22.5 Å². The average Bonchev–Trinajstić information content (AvgIpc) is 2.95. The van der Waals surface area contributed by atoms with Gasteiger partial charge in [0.15, 0.2) is 0 Å². The van der Waals surface area contributed by atoms with Gasteiger partial charge in [0.25, 0.3) is 11.5 Å². The molecule has 4 rings (SSSR count). The van der Waals surface area contributed by atoms with E-state index >= 15 is 0 Å². The second-order valence-electron chi connectivity index (χ2n) is 6.64. The molecule has 138 valence electrons. The van der Waals surface area contributed by atoms with Crippen LogP contribution in [0.25, 0.3) is 11.3 Å². The molecule has 0 spiro atoms. The van der Waals surface area contributed by atoms with E-state index in [-0.39, 0.29) is 17.3 Å². The summed E-state index contributed by atoms with van der Waals surface area (Å²) in [7, 11) is 1.60. The number of halogens is 1. The summed E-state index contributed by atoms with van der Waals surface area (Å²) in [6.07, 6.45) is 1.29. The number of nitrogens with zero attached hydrogens (tertiary/aromatic N) is 3. The van der Waals surface area contributed by atoms with Crippen molar-refractivity contribution in [1.29, 1.82) is 0 Å². The van der Waals surface area contributed by atoms with Crippen LogP contribution in [0.4, 0.5) is 4.39 Å². The number of fused-ring (bicyclic) bond motifs is 1. The Labute approximate surface area is 155 Å². The zero-order valence-electron chi connectivity index (χ0n) is 14.9. The van der Waals surface area contributed by atoms with Crippen LogP contribution in [0, 0.1) is 5.82 Å². The normalized spacial score (nSPS) is 13.9. The van der Waals surface area contributed by atoms with Crippen LogP contribution >= 0.6 is 0 Å². The standard InChI is InChI=1S/C20H19FN4O2/c1-24-17(3-2-4-18(24)26)20(27)25-11-9-15-16(10-12-25)22-23-19(15)13-5-7-14(21)8-6-13/h2-8H,9-12H2,1H3,(H,22,23). The highest BCUT2D eigenvalue weighted by atomic mass is 19.1. The second kappa shape index (κ2) is 6.83. The number of H-pyrrole nitrogens is 1. The van der Waals surface area contributed by atoms with Crippen molar-refractivity contribution in [2.45, 2.75) is 12.8 Å². The first-order valence-electron chi connectivity index (χ1n) is 8.82. The van der Waals surface area contributed by atoms with E-state index in [0.29, 0.717) is 31.6 Å². The number of nitrogens with one attached hydrogen (secondary N) is 1. The maximum absolute atomic E-state index is 13.2. The molecular weight excluding hydrogens is 347 g/mol. The number of hydrogen-bond acceptors (Lipinski definition) is 3. The van der Waals surface area contributed by atoms with Crippen LogP contribution in [0.15, 0.2) is 47.3 Å².